The molecule has 0 aliphatic rings. The highest BCUT2D eigenvalue weighted by atomic mass is 32.1. The van der Waals surface area contributed by atoms with Crippen molar-refractivity contribution in [3.05, 3.63) is 51.7 Å². The third-order valence-electron chi connectivity index (χ3n) is 2.66. The minimum Gasteiger partial charge on any atom is -0.380 e. The number of aryl methyl sites for hydroxylation is 1. The molecule has 1 N–H and O–H groups in total. The predicted octanol–water partition coefficient (Wildman–Crippen LogP) is 4.69. The zero-order valence-electron chi connectivity index (χ0n) is 9.71. The first kappa shape index (κ1) is 13.0. The van der Waals surface area contributed by atoms with Crippen LogP contribution in [0.5, 0.6) is 0 Å². The van der Waals surface area contributed by atoms with Gasteiger partial charge < -0.3 is 5.32 Å². The van der Waals surface area contributed by atoms with Crippen molar-refractivity contribution in [3.8, 4) is 0 Å². The molecule has 18 heavy (non-hydrogen) atoms. The van der Waals surface area contributed by atoms with Gasteiger partial charge in [0.15, 0.2) is 0 Å². The van der Waals surface area contributed by atoms with Crippen molar-refractivity contribution in [2.24, 2.45) is 0 Å². The Morgan fingerprint density at radius 2 is 1.89 bits per heavy atom. The van der Waals surface area contributed by atoms with Crippen LogP contribution in [0.2, 0.25) is 0 Å². The third kappa shape index (κ3) is 2.85. The summed E-state index contributed by atoms with van der Waals surface area (Å²) >= 11 is 1.55. The lowest BCUT2D eigenvalue weighted by atomic mass is 10.1. The Hall–Kier alpha value is -1.49. The van der Waals surface area contributed by atoms with E-state index in [1.165, 1.54) is 12.1 Å². The third-order valence-corrected chi connectivity index (χ3v) is 3.57. The fourth-order valence-electron chi connectivity index (χ4n) is 1.64. The molecule has 0 saturated carbocycles. The van der Waals surface area contributed by atoms with E-state index in [2.05, 4.69) is 5.32 Å². The molecule has 0 saturated heterocycles. The fraction of sp³-hybridized carbons (Fsp3) is 0.231. The van der Waals surface area contributed by atoms with Gasteiger partial charge in [-0.05, 0) is 40.9 Å². The molecule has 0 spiro atoms. The number of anilines is 1. The highest BCUT2D eigenvalue weighted by Crippen LogP contribution is 2.34. The molecule has 5 heteroatoms. The summed E-state index contributed by atoms with van der Waals surface area (Å²) in [5.74, 6) is 0. The number of para-hydroxylation sites is 1. The number of halogens is 3. The van der Waals surface area contributed by atoms with Crippen molar-refractivity contribution in [1.29, 1.82) is 0 Å². The molecule has 0 bridgehead atoms. The first-order valence-electron chi connectivity index (χ1n) is 5.40. The Bertz CT molecular complexity index is 531. The monoisotopic (exact) mass is 271 g/mol. The van der Waals surface area contributed by atoms with E-state index in [1.807, 2.05) is 17.7 Å². The van der Waals surface area contributed by atoms with Crippen LogP contribution in [0.25, 0.3) is 0 Å². The van der Waals surface area contributed by atoms with Gasteiger partial charge in [0.1, 0.15) is 0 Å². The summed E-state index contributed by atoms with van der Waals surface area (Å²) in [5, 5.41) is 6.77. The Labute approximate surface area is 107 Å². The molecule has 0 radical (unpaired) electrons. The molecule has 0 unspecified atom stereocenters. The molecule has 0 atom stereocenters. The van der Waals surface area contributed by atoms with E-state index >= 15 is 0 Å². The number of benzene rings is 1. The van der Waals surface area contributed by atoms with Gasteiger partial charge in [-0.15, -0.1) is 0 Å². The maximum absolute atomic E-state index is 12.8. The first-order valence-corrected chi connectivity index (χ1v) is 6.34. The summed E-state index contributed by atoms with van der Waals surface area (Å²) in [4.78, 5) is 0. The second kappa shape index (κ2) is 5.02. The van der Waals surface area contributed by atoms with Crippen LogP contribution in [0.4, 0.5) is 18.9 Å². The minimum absolute atomic E-state index is 0.121. The SMILES string of the molecule is Cc1cscc1CNc1ccccc1C(F)(F)F. The smallest absolute Gasteiger partial charge is 0.380 e. The van der Waals surface area contributed by atoms with Crippen LogP contribution in [-0.4, -0.2) is 0 Å². The number of thiophene rings is 1. The van der Waals surface area contributed by atoms with Gasteiger partial charge in [-0.2, -0.15) is 24.5 Å². The molecule has 96 valence electrons. The number of hydrogen-bond donors (Lipinski definition) is 1. The maximum atomic E-state index is 12.8. The standard InChI is InChI=1S/C13H12F3NS/c1-9-7-18-8-10(9)6-17-12-5-3-2-4-11(12)13(14,15)16/h2-5,7-8,17H,6H2,1H3. The van der Waals surface area contributed by atoms with E-state index in [9.17, 15) is 13.2 Å². The van der Waals surface area contributed by atoms with Crippen LogP contribution in [0, 0.1) is 6.92 Å². The van der Waals surface area contributed by atoms with E-state index < -0.39 is 11.7 Å². The first-order chi connectivity index (χ1) is 8.48. The van der Waals surface area contributed by atoms with E-state index in [0.717, 1.165) is 17.2 Å². The Morgan fingerprint density at radius 3 is 2.50 bits per heavy atom. The van der Waals surface area contributed by atoms with Crippen LogP contribution in [-0.2, 0) is 12.7 Å². The normalized spacial score (nSPS) is 11.6. The number of nitrogens with one attached hydrogen (secondary N) is 1. The van der Waals surface area contributed by atoms with E-state index in [0.29, 0.717) is 6.54 Å². The van der Waals surface area contributed by atoms with Crippen LogP contribution in [0.3, 0.4) is 0 Å². The molecule has 1 aromatic heterocycles. The van der Waals surface area contributed by atoms with E-state index in [1.54, 1.807) is 17.4 Å². The van der Waals surface area contributed by atoms with Crippen molar-refractivity contribution in [2.75, 3.05) is 5.32 Å². The molecular weight excluding hydrogens is 259 g/mol. The molecule has 0 aliphatic carbocycles. The molecule has 1 aromatic carbocycles. The predicted molar refractivity (Wildman–Crippen MR) is 67.8 cm³/mol. The number of hydrogen-bond acceptors (Lipinski definition) is 2. The molecule has 1 heterocycles. The molecular formula is C13H12F3NS. The second-order valence-electron chi connectivity index (χ2n) is 3.98. The summed E-state index contributed by atoms with van der Waals surface area (Å²) in [5.41, 5.74) is 1.61. The van der Waals surface area contributed by atoms with Gasteiger partial charge in [-0.3, -0.25) is 0 Å². The Morgan fingerprint density at radius 1 is 1.17 bits per heavy atom. The van der Waals surface area contributed by atoms with Crippen molar-refractivity contribution in [2.45, 2.75) is 19.6 Å². The van der Waals surface area contributed by atoms with Crippen LogP contribution in [0.15, 0.2) is 35.0 Å². The average Bonchev–Trinajstić information content (AvgIpc) is 2.71. The minimum atomic E-state index is -4.33. The van der Waals surface area contributed by atoms with Gasteiger partial charge in [0, 0.05) is 12.2 Å². The molecule has 0 aliphatic heterocycles. The van der Waals surface area contributed by atoms with E-state index in [4.69, 9.17) is 0 Å². The summed E-state index contributed by atoms with van der Waals surface area (Å²) < 4.78 is 38.3. The topological polar surface area (TPSA) is 12.0 Å². The van der Waals surface area contributed by atoms with Crippen LogP contribution in [0.1, 0.15) is 16.7 Å². The summed E-state index contributed by atoms with van der Waals surface area (Å²) in [6.07, 6.45) is -4.33. The zero-order chi connectivity index (χ0) is 13.2. The highest BCUT2D eigenvalue weighted by molar-refractivity contribution is 7.08. The van der Waals surface area contributed by atoms with Crippen LogP contribution < -0.4 is 5.32 Å². The largest absolute Gasteiger partial charge is 0.418 e. The lowest BCUT2D eigenvalue weighted by molar-refractivity contribution is -0.136. The van der Waals surface area contributed by atoms with E-state index in [-0.39, 0.29) is 5.69 Å². The Balaban J connectivity index is 2.17. The molecule has 0 amide bonds. The number of rotatable bonds is 3. The van der Waals surface area contributed by atoms with Crippen molar-refractivity contribution in [3.63, 3.8) is 0 Å². The summed E-state index contributed by atoms with van der Waals surface area (Å²) in [7, 11) is 0. The van der Waals surface area contributed by atoms with Crippen molar-refractivity contribution in [1.82, 2.24) is 0 Å². The lowest BCUT2D eigenvalue weighted by Gasteiger charge is -2.14. The molecule has 0 fully saturated rings. The quantitative estimate of drug-likeness (QED) is 0.854. The molecule has 2 rings (SSSR count). The van der Waals surface area contributed by atoms with Gasteiger partial charge in [-0.1, -0.05) is 12.1 Å². The molecule has 2 aromatic rings. The average molecular weight is 271 g/mol. The van der Waals surface area contributed by atoms with Gasteiger partial charge in [-0.25, -0.2) is 0 Å². The fourth-order valence-corrected chi connectivity index (χ4v) is 2.50. The highest BCUT2D eigenvalue weighted by Gasteiger charge is 2.32. The molecule has 1 nitrogen and oxygen atoms in total. The lowest BCUT2D eigenvalue weighted by Crippen LogP contribution is -2.10. The Kier molecular flexibility index (Phi) is 3.61. The zero-order valence-corrected chi connectivity index (χ0v) is 10.5. The van der Waals surface area contributed by atoms with Crippen LogP contribution >= 0.6 is 11.3 Å². The van der Waals surface area contributed by atoms with Gasteiger partial charge in [0.25, 0.3) is 0 Å². The second-order valence-corrected chi connectivity index (χ2v) is 4.72. The van der Waals surface area contributed by atoms with Gasteiger partial charge in [0.05, 0.1) is 5.56 Å². The summed E-state index contributed by atoms with van der Waals surface area (Å²) in [6.45, 7) is 2.35. The number of alkyl halides is 3. The van der Waals surface area contributed by atoms with Crippen molar-refractivity contribution < 1.29 is 13.2 Å². The van der Waals surface area contributed by atoms with Gasteiger partial charge >= 0.3 is 6.18 Å². The summed E-state index contributed by atoms with van der Waals surface area (Å²) in [6, 6.07) is 5.52. The van der Waals surface area contributed by atoms with Gasteiger partial charge in [0.2, 0.25) is 0 Å². The van der Waals surface area contributed by atoms with Crippen molar-refractivity contribution >= 4 is 17.0 Å². The maximum Gasteiger partial charge on any atom is 0.418 e.